The number of aryl methyl sites for hydroxylation is 1. The number of H-pyrrole nitrogens is 1. The van der Waals surface area contributed by atoms with Crippen LogP contribution in [0.25, 0.3) is 11.1 Å². The van der Waals surface area contributed by atoms with Gasteiger partial charge in [0.1, 0.15) is 17.4 Å². The van der Waals surface area contributed by atoms with E-state index in [0.29, 0.717) is 6.61 Å². The van der Waals surface area contributed by atoms with Crippen molar-refractivity contribution in [2.45, 2.75) is 32.6 Å². The first kappa shape index (κ1) is 14.4. The van der Waals surface area contributed by atoms with Crippen LogP contribution in [0.3, 0.4) is 0 Å². The number of pyridine rings is 1. The molecule has 0 saturated carbocycles. The summed E-state index contributed by atoms with van der Waals surface area (Å²) in [6.07, 6.45) is 3.95. The third kappa shape index (κ3) is 2.50. The minimum Gasteiger partial charge on any atom is -0.494 e. The van der Waals surface area contributed by atoms with Gasteiger partial charge in [0.05, 0.1) is 6.61 Å². The van der Waals surface area contributed by atoms with Crippen molar-refractivity contribution >= 4 is 0 Å². The van der Waals surface area contributed by atoms with E-state index in [-0.39, 0.29) is 11.1 Å². The van der Waals surface area contributed by atoms with Gasteiger partial charge in [0.25, 0.3) is 5.56 Å². The van der Waals surface area contributed by atoms with Crippen LogP contribution in [-0.2, 0) is 12.8 Å². The number of aromatic nitrogens is 1. The van der Waals surface area contributed by atoms with Crippen molar-refractivity contribution in [1.82, 2.24) is 4.98 Å². The van der Waals surface area contributed by atoms with E-state index in [4.69, 9.17) is 4.74 Å². The van der Waals surface area contributed by atoms with E-state index in [1.165, 1.54) is 0 Å². The molecule has 1 aliphatic carbocycles. The van der Waals surface area contributed by atoms with Crippen LogP contribution in [0.2, 0.25) is 0 Å². The number of aromatic amines is 1. The lowest BCUT2D eigenvalue weighted by Crippen LogP contribution is -2.20. The monoisotopic (exact) mass is 294 g/mol. The summed E-state index contributed by atoms with van der Waals surface area (Å²) in [5.74, 6) is 0.795. The maximum absolute atomic E-state index is 12.2. The van der Waals surface area contributed by atoms with E-state index < -0.39 is 0 Å². The Morgan fingerprint density at radius 3 is 2.64 bits per heavy atom. The fraction of sp³-hybridized carbons (Fsp3) is 0.333. The fourth-order valence-corrected chi connectivity index (χ4v) is 3.09. The zero-order valence-corrected chi connectivity index (χ0v) is 12.6. The van der Waals surface area contributed by atoms with Gasteiger partial charge in [0.2, 0.25) is 0 Å². The number of nitrogens with zero attached hydrogens (tertiary/aromatic N) is 1. The number of hydrogen-bond donors (Lipinski definition) is 1. The van der Waals surface area contributed by atoms with Crippen molar-refractivity contribution in [1.29, 1.82) is 5.26 Å². The summed E-state index contributed by atoms with van der Waals surface area (Å²) < 4.78 is 5.46. The Balaban J connectivity index is 2.18. The molecule has 4 nitrogen and oxygen atoms in total. The standard InChI is InChI=1S/C18H18N2O2/c1-2-22-13-9-7-12(8-10-13)17-14-5-3-4-6-16(14)20-18(21)15(17)11-19/h7-10H,2-6H2,1H3,(H,20,21). The predicted octanol–water partition coefficient (Wildman–Crippen LogP) is 3.19. The molecule has 0 radical (unpaired) electrons. The number of hydrogen-bond acceptors (Lipinski definition) is 3. The molecule has 2 aromatic rings. The molecule has 1 aliphatic rings. The fourth-order valence-electron chi connectivity index (χ4n) is 3.09. The summed E-state index contributed by atoms with van der Waals surface area (Å²) in [6, 6.07) is 9.70. The number of nitriles is 1. The summed E-state index contributed by atoms with van der Waals surface area (Å²) >= 11 is 0. The summed E-state index contributed by atoms with van der Waals surface area (Å²) in [5, 5.41) is 9.41. The minimum atomic E-state index is -0.285. The Hall–Kier alpha value is -2.54. The maximum atomic E-state index is 12.2. The van der Waals surface area contributed by atoms with E-state index in [2.05, 4.69) is 11.1 Å². The molecule has 22 heavy (non-hydrogen) atoms. The van der Waals surface area contributed by atoms with E-state index in [9.17, 15) is 10.1 Å². The molecule has 0 aliphatic heterocycles. The topological polar surface area (TPSA) is 65.9 Å². The molecule has 1 aromatic carbocycles. The van der Waals surface area contributed by atoms with Crippen molar-refractivity contribution in [2.24, 2.45) is 0 Å². The Labute approximate surface area is 129 Å². The molecule has 0 fully saturated rings. The van der Waals surface area contributed by atoms with Crippen LogP contribution >= 0.6 is 0 Å². The smallest absolute Gasteiger partial charge is 0.266 e. The Bertz CT molecular complexity index is 782. The Morgan fingerprint density at radius 2 is 1.95 bits per heavy atom. The summed E-state index contributed by atoms with van der Waals surface area (Å²) in [7, 11) is 0. The van der Waals surface area contributed by atoms with Gasteiger partial charge in [0, 0.05) is 11.3 Å². The summed E-state index contributed by atoms with van der Waals surface area (Å²) in [4.78, 5) is 15.1. The van der Waals surface area contributed by atoms with E-state index in [1.54, 1.807) is 0 Å². The lowest BCUT2D eigenvalue weighted by atomic mass is 9.87. The molecule has 1 heterocycles. The van der Waals surface area contributed by atoms with Gasteiger partial charge in [-0.1, -0.05) is 12.1 Å². The van der Waals surface area contributed by atoms with Crippen LogP contribution in [-0.4, -0.2) is 11.6 Å². The number of nitrogens with one attached hydrogen (secondary N) is 1. The largest absolute Gasteiger partial charge is 0.494 e. The highest BCUT2D eigenvalue weighted by Gasteiger charge is 2.21. The second-order valence-electron chi connectivity index (χ2n) is 5.44. The van der Waals surface area contributed by atoms with Gasteiger partial charge in [-0.25, -0.2) is 0 Å². The first-order valence-electron chi connectivity index (χ1n) is 7.66. The Morgan fingerprint density at radius 1 is 1.23 bits per heavy atom. The lowest BCUT2D eigenvalue weighted by molar-refractivity contribution is 0.340. The van der Waals surface area contributed by atoms with E-state index in [0.717, 1.165) is 53.8 Å². The summed E-state index contributed by atoms with van der Waals surface area (Å²) in [5.41, 5.74) is 3.73. The number of rotatable bonds is 3. The van der Waals surface area contributed by atoms with Crippen molar-refractivity contribution in [3.05, 3.63) is 51.4 Å². The lowest BCUT2D eigenvalue weighted by Gasteiger charge is -2.20. The molecule has 0 bridgehead atoms. The second-order valence-corrected chi connectivity index (χ2v) is 5.44. The zero-order chi connectivity index (χ0) is 15.5. The number of benzene rings is 1. The third-order valence-electron chi connectivity index (χ3n) is 4.08. The normalized spacial score (nSPS) is 13.3. The van der Waals surface area contributed by atoms with Gasteiger partial charge >= 0.3 is 0 Å². The highest BCUT2D eigenvalue weighted by molar-refractivity contribution is 5.74. The maximum Gasteiger partial charge on any atom is 0.266 e. The van der Waals surface area contributed by atoms with Gasteiger partial charge in [-0.15, -0.1) is 0 Å². The van der Waals surface area contributed by atoms with Crippen LogP contribution in [0.4, 0.5) is 0 Å². The third-order valence-corrected chi connectivity index (χ3v) is 4.08. The molecule has 0 saturated heterocycles. The number of fused-ring (bicyclic) bond motifs is 1. The van der Waals surface area contributed by atoms with Crippen molar-refractivity contribution in [3.63, 3.8) is 0 Å². The predicted molar refractivity (Wildman–Crippen MR) is 85.0 cm³/mol. The first-order valence-corrected chi connectivity index (χ1v) is 7.66. The van der Waals surface area contributed by atoms with Crippen LogP contribution in [0.5, 0.6) is 5.75 Å². The van der Waals surface area contributed by atoms with Gasteiger partial charge in [-0.2, -0.15) is 5.26 Å². The molecular formula is C18H18N2O2. The average Bonchev–Trinajstić information content (AvgIpc) is 2.55. The molecule has 0 atom stereocenters. The highest BCUT2D eigenvalue weighted by Crippen LogP contribution is 2.32. The minimum absolute atomic E-state index is 0.213. The molecule has 3 rings (SSSR count). The molecular weight excluding hydrogens is 276 g/mol. The van der Waals surface area contributed by atoms with Crippen molar-refractivity contribution < 1.29 is 4.74 Å². The van der Waals surface area contributed by atoms with Gasteiger partial charge in [-0.05, 0) is 55.9 Å². The van der Waals surface area contributed by atoms with E-state index >= 15 is 0 Å². The SMILES string of the molecule is CCOc1ccc(-c2c3c([nH]c(=O)c2C#N)CCCC3)cc1. The van der Waals surface area contributed by atoms with Crippen molar-refractivity contribution in [3.8, 4) is 22.9 Å². The Kier molecular flexibility index (Phi) is 3.97. The van der Waals surface area contributed by atoms with Crippen LogP contribution in [0.1, 0.15) is 36.6 Å². The molecule has 1 aromatic heterocycles. The second kappa shape index (κ2) is 6.07. The summed E-state index contributed by atoms with van der Waals surface area (Å²) in [6.45, 7) is 2.55. The quantitative estimate of drug-likeness (QED) is 0.945. The first-order chi connectivity index (χ1) is 10.7. The van der Waals surface area contributed by atoms with Crippen LogP contribution in [0.15, 0.2) is 29.1 Å². The van der Waals surface area contributed by atoms with Gasteiger partial charge in [-0.3, -0.25) is 4.79 Å². The van der Waals surface area contributed by atoms with Crippen LogP contribution in [0, 0.1) is 11.3 Å². The van der Waals surface area contributed by atoms with Crippen LogP contribution < -0.4 is 10.3 Å². The highest BCUT2D eigenvalue weighted by atomic mass is 16.5. The molecule has 112 valence electrons. The molecule has 4 heteroatoms. The van der Waals surface area contributed by atoms with Gasteiger partial charge in [0.15, 0.2) is 0 Å². The average molecular weight is 294 g/mol. The molecule has 0 amide bonds. The molecule has 0 unspecified atom stereocenters. The van der Waals surface area contributed by atoms with Gasteiger partial charge < -0.3 is 9.72 Å². The van der Waals surface area contributed by atoms with Crippen molar-refractivity contribution in [2.75, 3.05) is 6.61 Å². The zero-order valence-electron chi connectivity index (χ0n) is 12.6. The molecule has 0 spiro atoms. The number of ether oxygens (including phenoxy) is 1. The van der Waals surface area contributed by atoms with E-state index in [1.807, 2.05) is 31.2 Å². The molecule has 1 N–H and O–H groups in total.